The van der Waals surface area contributed by atoms with Gasteiger partial charge in [-0.05, 0) is 61.8 Å². The Kier molecular flexibility index (Phi) is 3.43. The van der Waals surface area contributed by atoms with E-state index in [1.54, 1.807) is 0 Å². The van der Waals surface area contributed by atoms with Gasteiger partial charge in [0.2, 0.25) is 0 Å². The van der Waals surface area contributed by atoms with Crippen molar-refractivity contribution < 1.29 is 10.2 Å². The summed E-state index contributed by atoms with van der Waals surface area (Å²) in [6, 6.07) is 0. The Hall–Kier alpha value is -1.02. The fourth-order valence-corrected chi connectivity index (χ4v) is 3.11. The van der Waals surface area contributed by atoms with E-state index in [9.17, 15) is 10.2 Å². The smallest absolute Gasteiger partial charge is 0.122 e. The Morgan fingerprint density at radius 3 is 2.12 bits per heavy atom. The van der Waals surface area contributed by atoms with Crippen LogP contribution in [-0.4, -0.2) is 16.8 Å². The number of aromatic hydroxyl groups is 1. The van der Waals surface area contributed by atoms with Crippen molar-refractivity contribution in [2.45, 2.75) is 52.4 Å². The van der Waals surface area contributed by atoms with Gasteiger partial charge in [-0.1, -0.05) is 6.92 Å². The van der Waals surface area contributed by atoms with Gasteiger partial charge in [-0.15, -0.1) is 0 Å². The summed E-state index contributed by atoms with van der Waals surface area (Å²) in [5.74, 6) is 0.422. The Labute approximate surface area is 103 Å². The molecule has 2 rings (SSSR count). The number of phenolic OH excluding ortho intramolecular Hbond substituents is 1. The molecule has 94 valence electrons. The number of hydrogen-bond donors (Lipinski definition) is 2. The maximum atomic E-state index is 10.3. The molecule has 2 nitrogen and oxygen atoms in total. The van der Waals surface area contributed by atoms with E-state index in [0.29, 0.717) is 5.75 Å². The molecule has 2 N–H and O–H groups in total. The van der Waals surface area contributed by atoms with Crippen LogP contribution >= 0.6 is 0 Å². The zero-order valence-corrected chi connectivity index (χ0v) is 11.0. The lowest BCUT2D eigenvalue weighted by Crippen LogP contribution is -2.12. The summed E-state index contributed by atoms with van der Waals surface area (Å²) in [7, 11) is 0. The molecule has 1 atom stereocenters. The summed E-state index contributed by atoms with van der Waals surface area (Å²) >= 11 is 0. The van der Waals surface area contributed by atoms with Crippen LogP contribution < -0.4 is 0 Å². The summed E-state index contributed by atoms with van der Waals surface area (Å²) in [6.45, 7) is 6.15. The summed E-state index contributed by atoms with van der Waals surface area (Å²) in [5.41, 5.74) is 5.94. The molecule has 0 amide bonds. The van der Waals surface area contributed by atoms with Crippen molar-refractivity contribution in [1.29, 1.82) is 0 Å². The molecular weight excluding hydrogens is 212 g/mol. The van der Waals surface area contributed by atoms with E-state index in [-0.39, 0.29) is 12.5 Å². The minimum atomic E-state index is 0.0147. The second kappa shape index (κ2) is 4.69. The number of hydrogen-bond acceptors (Lipinski definition) is 2. The minimum absolute atomic E-state index is 0.0147. The summed E-state index contributed by atoms with van der Waals surface area (Å²) in [4.78, 5) is 0. The third-order valence-corrected chi connectivity index (χ3v) is 4.15. The van der Waals surface area contributed by atoms with Crippen LogP contribution in [-0.2, 0) is 12.8 Å². The molecule has 1 aromatic rings. The molecule has 0 radical (unpaired) electrons. The normalized spacial score (nSPS) is 16.7. The third-order valence-electron chi connectivity index (χ3n) is 4.15. The average molecular weight is 234 g/mol. The molecule has 1 aliphatic carbocycles. The van der Waals surface area contributed by atoms with Crippen LogP contribution in [0.2, 0.25) is 0 Å². The molecule has 17 heavy (non-hydrogen) atoms. The summed E-state index contributed by atoms with van der Waals surface area (Å²) in [6.07, 6.45) is 4.67. The van der Waals surface area contributed by atoms with Crippen LogP contribution in [0.25, 0.3) is 0 Å². The first kappa shape index (κ1) is 12.4. The van der Waals surface area contributed by atoms with Crippen LogP contribution in [0, 0.1) is 13.8 Å². The fraction of sp³-hybridized carbons (Fsp3) is 0.600. The maximum absolute atomic E-state index is 10.3. The first-order valence-corrected chi connectivity index (χ1v) is 6.52. The van der Waals surface area contributed by atoms with Crippen LogP contribution in [0.5, 0.6) is 5.75 Å². The van der Waals surface area contributed by atoms with Crippen molar-refractivity contribution >= 4 is 0 Å². The van der Waals surface area contributed by atoms with E-state index >= 15 is 0 Å². The highest BCUT2D eigenvalue weighted by atomic mass is 16.3. The third kappa shape index (κ3) is 1.95. The SMILES string of the molecule is Cc1c(O)c(C(C)CO)c(C)c2c1CCCC2. The van der Waals surface area contributed by atoms with Gasteiger partial charge in [0.05, 0.1) is 0 Å². The molecule has 0 saturated heterocycles. The molecule has 0 heterocycles. The van der Waals surface area contributed by atoms with Gasteiger partial charge in [-0.2, -0.15) is 0 Å². The average Bonchev–Trinajstić information content (AvgIpc) is 2.36. The number of benzene rings is 1. The van der Waals surface area contributed by atoms with Gasteiger partial charge < -0.3 is 10.2 Å². The first-order chi connectivity index (χ1) is 8.07. The quantitative estimate of drug-likeness (QED) is 0.826. The van der Waals surface area contributed by atoms with Crippen LogP contribution in [0.3, 0.4) is 0 Å². The van der Waals surface area contributed by atoms with Gasteiger partial charge in [-0.25, -0.2) is 0 Å². The van der Waals surface area contributed by atoms with Crippen molar-refractivity contribution in [3.63, 3.8) is 0 Å². The number of fused-ring (bicyclic) bond motifs is 1. The highest BCUT2D eigenvalue weighted by Crippen LogP contribution is 2.39. The second-order valence-electron chi connectivity index (χ2n) is 5.26. The molecule has 0 fully saturated rings. The fourth-order valence-electron chi connectivity index (χ4n) is 3.11. The van der Waals surface area contributed by atoms with Crippen molar-refractivity contribution in [2.24, 2.45) is 0 Å². The molecule has 1 unspecified atom stereocenters. The Balaban J connectivity index is 2.65. The molecule has 0 spiro atoms. The zero-order chi connectivity index (χ0) is 12.6. The van der Waals surface area contributed by atoms with Crippen molar-refractivity contribution in [3.05, 3.63) is 27.8 Å². The van der Waals surface area contributed by atoms with E-state index < -0.39 is 0 Å². The molecule has 2 heteroatoms. The first-order valence-electron chi connectivity index (χ1n) is 6.52. The van der Waals surface area contributed by atoms with Gasteiger partial charge in [0.15, 0.2) is 0 Å². The second-order valence-corrected chi connectivity index (χ2v) is 5.26. The zero-order valence-electron chi connectivity index (χ0n) is 11.0. The number of aliphatic hydroxyl groups is 1. The summed E-state index contributed by atoms with van der Waals surface area (Å²) < 4.78 is 0. The molecule has 0 bridgehead atoms. The van der Waals surface area contributed by atoms with Gasteiger partial charge in [-0.3, -0.25) is 0 Å². The Morgan fingerprint density at radius 1 is 1.06 bits per heavy atom. The van der Waals surface area contributed by atoms with Crippen molar-refractivity contribution in [1.82, 2.24) is 0 Å². The lowest BCUT2D eigenvalue weighted by Gasteiger charge is -2.26. The molecule has 0 aromatic heterocycles. The lowest BCUT2D eigenvalue weighted by molar-refractivity contribution is 0.269. The highest BCUT2D eigenvalue weighted by Gasteiger charge is 2.23. The van der Waals surface area contributed by atoms with E-state index in [1.807, 2.05) is 13.8 Å². The predicted octanol–water partition coefficient (Wildman–Crippen LogP) is 2.98. The highest BCUT2D eigenvalue weighted by molar-refractivity contribution is 5.56. The predicted molar refractivity (Wildman–Crippen MR) is 69.7 cm³/mol. The van der Waals surface area contributed by atoms with Crippen LogP contribution in [0.4, 0.5) is 0 Å². The van der Waals surface area contributed by atoms with Crippen LogP contribution in [0.15, 0.2) is 0 Å². The number of rotatable bonds is 2. The van der Waals surface area contributed by atoms with E-state index in [0.717, 1.165) is 24.0 Å². The van der Waals surface area contributed by atoms with E-state index in [1.165, 1.54) is 29.5 Å². The lowest BCUT2D eigenvalue weighted by atomic mass is 9.80. The maximum Gasteiger partial charge on any atom is 0.122 e. The monoisotopic (exact) mass is 234 g/mol. The van der Waals surface area contributed by atoms with Gasteiger partial charge in [0.25, 0.3) is 0 Å². The number of aliphatic hydroxyl groups excluding tert-OH is 1. The molecule has 0 aliphatic heterocycles. The molecule has 1 aliphatic rings. The van der Waals surface area contributed by atoms with E-state index in [2.05, 4.69) is 6.92 Å². The van der Waals surface area contributed by atoms with E-state index in [4.69, 9.17) is 0 Å². The Morgan fingerprint density at radius 2 is 1.59 bits per heavy atom. The van der Waals surface area contributed by atoms with Gasteiger partial charge in [0.1, 0.15) is 5.75 Å². The van der Waals surface area contributed by atoms with Crippen molar-refractivity contribution in [2.75, 3.05) is 6.61 Å². The topological polar surface area (TPSA) is 40.5 Å². The van der Waals surface area contributed by atoms with Crippen molar-refractivity contribution in [3.8, 4) is 5.75 Å². The van der Waals surface area contributed by atoms with Crippen LogP contribution in [0.1, 0.15) is 53.5 Å². The minimum Gasteiger partial charge on any atom is -0.507 e. The van der Waals surface area contributed by atoms with Gasteiger partial charge >= 0.3 is 0 Å². The standard InChI is InChI=1S/C15H22O2/c1-9(8-16)14-10(2)12-6-4-5-7-13(12)11(3)15(14)17/h9,16-17H,4-8H2,1-3H3. The molecule has 1 aromatic carbocycles. The molecule has 0 saturated carbocycles. The largest absolute Gasteiger partial charge is 0.507 e. The van der Waals surface area contributed by atoms with Gasteiger partial charge in [0, 0.05) is 18.1 Å². The number of phenols is 1. The summed E-state index contributed by atoms with van der Waals surface area (Å²) in [5, 5.41) is 19.6. The Bertz CT molecular complexity index is 435. The molecular formula is C15H22O2.